The Kier molecular flexibility index (Phi) is 2.55. The van der Waals surface area contributed by atoms with Gasteiger partial charge in [-0.2, -0.15) is 0 Å². The van der Waals surface area contributed by atoms with Crippen LogP contribution in [0.25, 0.3) is 0 Å². The Balaban J connectivity index is 2.30. The van der Waals surface area contributed by atoms with E-state index in [9.17, 15) is 0 Å². The average Bonchev–Trinajstić information content (AvgIpc) is 2.53. The molecule has 0 spiro atoms. The number of rotatable bonds is 2. The lowest BCUT2D eigenvalue weighted by molar-refractivity contribution is 0.764. The minimum atomic E-state index is 0.406. The van der Waals surface area contributed by atoms with Gasteiger partial charge in [0.1, 0.15) is 10.9 Å². The van der Waals surface area contributed by atoms with Gasteiger partial charge in [0.2, 0.25) is 0 Å². The number of aromatic nitrogens is 5. The molecule has 2 aromatic heterocycles. The van der Waals surface area contributed by atoms with E-state index in [0.29, 0.717) is 10.8 Å². The predicted molar refractivity (Wildman–Crippen MR) is 56.3 cm³/mol. The zero-order valence-corrected chi connectivity index (χ0v) is 9.19. The van der Waals surface area contributed by atoms with Crippen LogP contribution in [0.2, 0.25) is 0 Å². The van der Waals surface area contributed by atoms with E-state index in [0.717, 1.165) is 11.0 Å². The first kappa shape index (κ1) is 9.91. The molecule has 15 heavy (non-hydrogen) atoms. The van der Waals surface area contributed by atoms with Gasteiger partial charge in [-0.05, 0) is 18.7 Å². The zero-order chi connectivity index (χ0) is 10.8. The van der Waals surface area contributed by atoms with E-state index in [4.69, 9.17) is 5.73 Å². The molecular formula is C8H10N6S. The summed E-state index contributed by atoms with van der Waals surface area (Å²) in [6.45, 7) is 1.89. The van der Waals surface area contributed by atoms with Gasteiger partial charge < -0.3 is 10.3 Å². The van der Waals surface area contributed by atoms with Crippen molar-refractivity contribution in [2.75, 3.05) is 5.73 Å². The zero-order valence-electron chi connectivity index (χ0n) is 8.38. The third-order valence-corrected chi connectivity index (χ3v) is 2.98. The standard InChI is InChI=1S/C8H10N6S/c1-5-12-13-8(14(5)2)15-7-6(9)10-3-4-11-7/h3-4H,1-2H3,(H2,9,10). The molecule has 0 bridgehead atoms. The molecule has 0 saturated heterocycles. The molecule has 2 heterocycles. The van der Waals surface area contributed by atoms with Crippen LogP contribution in [0.4, 0.5) is 5.82 Å². The van der Waals surface area contributed by atoms with E-state index >= 15 is 0 Å². The second kappa shape index (κ2) is 3.85. The van der Waals surface area contributed by atoms with Crippen molar-refractivity contribution in [3.8, 4) is 0 Å². The summed E-state index contributed by atoms with van der Waals surface area (Å²) >= 11 is 1.35. The minimum absolute atomic E-state index is 0.406. The van der Waals surface area contributed by atoms with E-state index in [-0.39, 0.29) is 0 Å². The van der Waals surface area contributed by atoms with Crippen molar-refractivity contribution in [3.05, 3.63) is 18.2 Å². The Labute approximate surface area is 90.9 Å². The Morgan fingerprint density at radius 2 is 2.00 bits per heavy atom. The number of nitrogens with zero attached hydrogens (tertiary/aromatic N) is 5. The topological polar surface area (TPSA) is 82.5 Å². The average molecular weight is 222 g/mol. The SMILES string of the molecule is Cc1nnc(Sc2nccnc2N)n1C. The van der Waals surface area contributed by atoms with Gasteiger partial charge in [-0.1, -0.05) is 0 Å². The lowest BCUT2D eigenvalue weighted by Gasteiger charge is -2.02. The van der Waals surface area contributed by atoms with E-state index in [1.165, 1.54) is 11.8 Å². The summed E-state index contributed by atoms with van der Waals surface area (Å²) in [6, 6.07) is 0. The number of hydrogen-bond acceptors (Lipinski definition) is 6. The molecule has 7 heteroatoms. The first-order valence-corrected chi connectivity index (χ1v) is 5.10. The fourth-order valence-electron chi connectivity index (χ4n) is 0.978. The van der Waals surface area contributed by atoms with Crippen LogP contribution in [-0.2, 0) is 7.05 Å². The summed E-state index contributed by atoms with van der Waals surface area (Å²) in [5.74, 6) is 1.25. The second-order valence-corrected chi connectivity index (χ2v) is 3.89. The van der Waals surface area contributed by atoms with E-state index in [1.54, 1.807) is 12.4 Å². The molecular weight excluding hydrogens is 212 g/mol. The summed E-state index contributed by atoms with van der Waals surface area (Å²) in [5, 5.41) is 9.35. The van der Waals surface area contributed by atoms with Gasteiger partial charge in [0.05, 0.1) is 0 Å². The Morgan fingerprint density at radius 3 is 2.60 bits per heavy atom. The highest BCUT2D eigenvalue weighted by Gasteiger charge is 2.10. The quantitative estimate of drug-likeness (QED) is 0.803. The van der Waals surface area contributed by atoms with E-state index < -0.39 is 0 Å². The van der Waals surface area contributed by atoms with Crippen molar-refractivity contribution in [1.82, 2.24) is 24.7 Å². The number of aryl methyl sites for hydroxylation is 1. The number of nitrogens with two attached hydrogens (primary N) is 1. The summed E-state index contributed by atoms with van der Waals surface area (Å²) in [7, 11) is 1.89. The van der Waals surface area contributed by atoms with Gasteiger partial charge >= 0.3 is 0 Å². The smallest absolute Gasteiger partial charge is 0.197 e. The molecule has 0 atom stereocenters. The summed E-state index contributed by atoms with van der Waals surface area (Å²) in [6.07, 6.45) is 3.16. The third-order valence-electron chi connectivity index (χ3n) is 1.93. The van der Waals surface area contributed by atoms with Gasteiger partial charge in [0.25, 0.3) is 0 Å². The van der Waals surface area contributed by atoms with Crippen LogP contribution >= 0.6 is 11.8 Å². The van der Waals surface area contributed by atoms with E-state index in [1.807, 2.05) is 18.5 Å². The first-order valence-electron chi connectivity index (χ1n) is 4.29. The van der Waals surface area contributed by atoms with Crippen molar-refractivity contribution in [2.24, 2.45) is 7.05 Å². The normalized spacial score (nSPS) is 10.5. The van der Waals surface area contributed by atoms with Crippen LogP contribution in [-0.4, -0.2) is 24.7 Å². The van der Waals surface area contributed by atoms with Gasteiger partial charge in [-0.25, -0.2) is 9.97 Å². The predicted octanol–water partition coefficient (Wildman–Crippen LogP) is 0.647. The lowest BCUT2D eigenvalue weighted by atomic mass is 10.7. The lowest BCUT2D eigenvalue weighted by Crippen LogP contribution is -1.97. The maximum absolute atomic E-state index is 5.67. The number of hydrogen-bond donors (Lipinski definition) is 1. The van der Waals surface area contributed by atoms with Crippen LogP contribution < -0.4 is 5.73 Å². The minimum Gasteiger partial charge on any atom is -0.381 e. The molecule has 2 rings (SSSR count). The molecule has 0 unspecified atom stereocenters. The summed E-state index contributed by atoms with van der Waals surface area (Å²) < 4.78 is 1.87. The molecule has 0 aliphatic carbocycles. The highest BCUT2D eigenvalue weighted by atomic mass is 32.2. The summed E-state index contributed by atoms with van der Waals surface area (Å²) in [5.41, 5.74) is 5.67. The molecule has 0 saturated carbocycles. The number of anilines is 1. The van der Waals surface area contributed by atoms with E-state index in [2.05, 4.69) is 20.2 Å². The largest absolute Gasteiger partial charge is 0.381 e. The molecule has 2 N–H and O–H groups in total. The van der Waals surface area contributed by atoms with Crippen molar-refractivity contribution in [2.45, 2.75) is 17.1 Å². The van der Waals surface area contributed by atoms with Crippen LogP contribution in [0.3, 0.4) is 0 Å². The van der Waals surface area contributed by atoms with Gasteiger partial charge in [-0.3, -0.25) is 0 Å². The van der Waals surface area contributed by atoms with Crippen LogP contribution in [0.1, 0.15) is 5.82 Å². The molecule has 0 aliphatic rings. The van der Waals surface area contributed by atoms with Crippen molar-refractivity contribution in [3.63, 3.8) is 0 Å². The molecule has 0 radical (unpaired) electrons. The van der Waals surface area contributed by atoms with Crippen LogP contribution in [0, 0.1) is 6.92 Å². The number of nitrogen functional groups attached to an aromatic ring is 1. The molecule has 0 aromatic carbocycles. The second-order valence-electron chi connectivity index (χ2n) is 2.94. The highest BCUT2D eigenvalue weighted by molar-refractivity contribution is 7.99. The highest BCUT2D eigenvalue weighted by Crippen LogP contribution is 2.26. The molecule has 0 fully saturated rings. The fraction of sp³-hybridized carbons (Fsp3) is 0.250. The first-order chi connectivity index (χ1) is 7.18. The van der Waals surface area contributed by atoms with Crippen LogP contribution in [0.15, 0.2) is 22.6 Å². The third kappa shape index (κ3) is 1.91. The Hall–Kier alpha value is -1.63. The molecule has 78 valence electrons. The van der Waals surface area contributed by atoms with Crippen molar-refractivity contribution < 1.29 is 0 Å². The molecule has 6 nitrogen and oxygen atoms in total. The Morgan fingerprint density at radius 1 is 1.27 bits per heavy atom. The van der Waals surface area contributed by atoms with Crippen LogP contribution in [0.5, 0.6) is 0 Å². The molecule has 0 amide bonds. The van der Waals surface area contributed by atoms with Gasteiger partial charge in [0.15, 0.2) is 11.0 Å². The van der Waals surface area contributed by atoms with Gasteiger partial charge in [0, 0.05) is 19.4 Å². The van der Waals surface area contributed by atoms with Crippen molar-refractivity contribution in [1.29, 1.82) is 0 Å². The molecule has 2 aromatic rings. The fourth-order valence-corrected chi connectivity index (χ4v) is 1.77. The van der Waals surface area contributed by atoms with Crippen molar-refractivity contribution >= 4 is 17.6 Å². The maximum atomic E-state index is 5.67. The van der Waals surface area contributed by atoms with Gasteiger partial charge in [-0.15, -0.1) is 10.2 Å². The molecule has 0 aliphatic heterocycles. The maximum Gasteiger partial charge on any atom is 0.197 e. The summed E-state index contributed by atoms with van der Waals surface area (Å²) in [4.78, 5) is 8.07. The Bertz CT molecular complexity index is 480. The monoisotopic (exact) mass is 222 g/mol.